The van der Waals surface area contributed by atoms with E-state index in [2.05, 4.69) is 133 Å². The summed E-state index contributed by atoms with van der Waals surface area (Å²) in [5.74, 6) is 0. The Morgan fingerprint density at radius 3 is 1.70 bits per heavy atom. The summed E-state index contributed by atoms with van der Waals surface area (Å²) in [6.07, 6.45) is 0. The van der Waals surface area contributed by atoms with Gasteiger partial charge < -0.3 is 9.73 Å². The normalized spacial score (nSPS) is 11.5. The molecule has 1 aromatic heterocycles. The third kappa shape index (κ3) is 3.90. The molecule has 8 aromatic rings. The highest BCUT2D eigenvalue weighted by molar-refractivity contribution is 6.09. The first-order valence-corrected chi connectivity index (χ1v) is 13.6. The summed E-state index contributed by atoms with van der Waals surface area (Å²) < 4.78 is 6.18. The highest BCUT2D eigenvalue weighted by Crippen LogP contribution is 2.35. The molecule has 0 aliphatic heterocycles. The summed E-state index contributed by atoms with van der Waals surface area (Å²) in [7, 11) is 0. The van der Waals surface area contributed by atoms with Crippen LogP contribution >= 0.6 is 0 Å². The number of nitrogens with one attached hydrogen (secondary N) is 1. The Kier molecular flexibility index (Phi) is 5.17. The van der Waals surface area contributed by atoms with E-state index in [1.54, 1.807) is 0 Å². The molecule has 0 unspecified atom stereocenters. The zero-order chi connectivity index (χ0) is 26.5. The Morgan fingerprint density at radius 2 is 0.950 bits per heavy atom. The molecule has 0 atom stereocenters. The van der Waals surface area contributed by atoms with E-state index in [0.29, 0.717) is 0 Å². The maximum atomic E-state index is 6.18. The van der Waals surface area contributed by atoms with E-state index in [0.717, 1.165) is 33.3 Å². The lowest BCUT2D eigenvalue weighted by Crippen LogP contribution is -1.90. The summed E-state index contributed by atoms with van der Waals surface area (Å²) in [6, 6.07) is 51.7. The monoisotopic (exact) mass is 511 g/mol. The zero-order valence-electron chi connectivity index (χ0n) is 21.8. The number of benzene rings is 7. The molecular formula is C38H25NO. The fraction of sp³-hybridized carbons (Fsp3) is 0. The van der Waals surface area contributed by atoms with Gasteiger partial charge in [-0.1, -0.05) is 103 Å². The standard InChI is InChI=1S/C38H25NO/c1-2-7-27-22-29(13-12-25(27)6-1)32-17-16-30-23-28(14-15-31(30)24-32)26-18-20-33(21-19-26)39-36-10-5-9-35-34-8-3-4-11-37(34)40-38(35)36/h1-24,39H. The molecular weight excluding hydrogens is 486 g/mol. The molecule has 0 fully saturated rings. The fourth-order valence-electron chi connectivity index (χ4n) is 5.72. The van der Waals surface area contributed by atoms with Crippen LogP contribution in [0.5, 0.6) is 0 Å². The SMILES string of the molecule is c1ccc2cc(-c3ccc4cc(-c5ccc(Nc6cccc7c6oc6ccccc67)cc5)ccc4c3)ccc2c1. The van der Waals surface area contributed by atoms with Gasteiger partial charge in [-0.3, -0.25) is 0 Å². The van der Waals surface area contributed by atoms with Crippen LogP contribution in [0.3, 0.4) is 0 Å². The van der Waals surface area contributed by atoms with E-state index in [1.807, 2.05) is 18.2 Å². The summed E-state index contributed by atoms with van der Waals surface area (Å²) in [6.45, 7) is 0. The molecule has 7 aromatic carbocycles. The van der Waals surface area contributed by atoms with Crippen molar-refractivity contribution in [3.8, 4) is 22.3 Å². The predicted octanol–water partition coefficient (Wildman–Crippen LogP) is 11.0. The number of rotatable bonds is 4. The number of hydrogen-bond donors (Lipinski definition) is 1. The van der Waals surface area contributed by atoms with Crippen LogP contribution in [0.15, 0.2) is 150 Å². The number of fused-ring (bicyclic) bond motifs is 5. The zero-order valence-corrected chi connectivity index (χ0v) is 21.8. The van der Waals surface area contributed by atoms with Crippen LogP contribution < -0.4 is 5.32 Å². The molecule has 0 bridgehead atoms. The fourth-order valence-corrected chi connectivity index (χ4v) is 5.72. The van der Waals surface area contributed by atoms with Crippen molar-refractivity contribution >= 4 is 54.9 Å². The molecule has 188 valence electrons. The Hall–Kier alpha value is -5.34. The molecule has 0 saturated heterocycles. The number of hydrogen-bond acceptors (Lipinski definition) is 2. The van der Waals surface area contributed by atoms with Crippen molar-refractivity contribution in [2.75, 3.05) is 5.32 Å². The van der Waals surface area contributed by atoms with Crippen LogP contribution in [0, 0.1) is 0 Å². The summed E-state index contributed by atoms with van der Waals surface area (Å²) >= 11 is 0. The topological polar surface area (TPSA) is 25.2 Å². The summed E-state index contributed by atoms with van der Waals surface area (Å²) in [4.78, 5) is 0. The number of anilines is 2. The summed E-state index contributed by atoms with van der Waals surface area (Å²) in [5, 5.41) is 10.8. The quantitative estimate of drug-likeness (QED) is 0.254. The van der Waals surface area contributed by atoms with Gasteiger partial charge in [0.05, 0.1) is 5.69 Å². The largest absolute Gasteiger partial charge is 0.454 e. The Bertz CT molecular complexity index is 2190. The Balaban J connectivity index is 1.07. The lowest BCUT2D eigenvalue weighted by Gasteiger charge is -2.10. The van der Waals surface area contributed by atoms with Crippen molar-refractivity contribution in [2.24, 2.45) is 0 Å². The van der Waals surface area contributed by atoms with E-state index >= 15 is 0 Å². The van der Waals surface area contributed by atoms with Crippen LogP contribution in [0.1, 0.15) is 0 Å². The van der Waals surface area contributed by atoms with Gasteiger partial charge in [-0.15, -0.1) is 0 Å². The van der Waals surface area contributed by atoms with Gasteiger partial charge in [0.15, 0.2) is 5.58 Å². The second-order valence-electron chi connectivity index (χ2n) is 10.3. The van der Waals surface area contributed by atoms with Gasteiger partial charge in [-0.05, 0) is 86.3 Å². The lowest BCUT2D eigenvalue weighted by molar-refractivity contribution is 0.670. The van der Waals surface area contributed by atoms with E-state index in [-0.39, 0.29) is 0 Å². The molecule has 40 heavy (non-hydrogen) atoms. The van der Waals surface area contributed by atoms with Crippen LogP contribution in [0.25, 0.3) is 65.7 Å². The highest BCUT2D eigenvalue weighted by atomic mass is 16.3. The van der Waals surface area contributed by atoms with Crippen molar-refractivity contribution in [3.05, 3.63) is 146 Å². The minimum absolute atomic E-state index is 0.880. The van der Waals surface area contributed by atoms with Crippen LogP contribution in [-0.4, -0.2) is 0 Å². The first-order chi connectivity index (χ1) is 19.8. The van der Waals surface area contributed by atoms with E-state index in [9.17, 15) is 0 Å². The van der Waals surface area contributed by atoms with Gasteiger partial charge in [-0.2, -0.15) is 0 Å². The lowest BCUT2D eigenvalue weighted by atomic mass is 9.96. The van der Waals surface area contributed by atoms with Crippen molar-refractivity contribution < 1.29 is 4.42 Å². The van der Waals surface area contributed by atoms with E-state index in [1.165, 1.54) is 43.8 Å². The third-order valence-corrected chi connectivity index (χ3v) is 7.82. The Labute approximate surface area is 232 Å². The maximum absolute atomic E-state index is 6.18. The molecule has 0 aliphatic rings. The molecule has 0 saturated carbocycles. The van der Waals surface area contributed by atoms with E-state index < -0.39 is 0 Å². The van der Waals surface area contributed by atoms with Gasteiger partial charge in [0.2, 0.25) is 0 Å². The molecule has 2 nitrogen and oxygen atoms in total. The van der Waals surface area contributed by atoms with Crippen molar-refractivity contribution in [3.63, 3.8) is 0 Å². The van der Waals surface area contributed by atoms with Gasteiger partial charge in [-0.25, -0.2) is 0 Å². The highest BCUT2D eigenvalue weighted by Gasteiger charge is 2.11. The Morgan fingerprint density at radius 1 is 0.400 bits per heavy atom. The van der Waals surface area contributed by atoms with Crippen molar-refractivity contribution in [2.45, 2.75) is 0 Å². The molecule has 0 spiro atoms. The molecule has 1 N–H and O–H groups in total. The van der Waals surface area contributed by atoms with Crippen molar-refractivity contribution in [1.82, 2.24) is 0 Å². The number of para-hydroxylation sites is 2. The molecule has 0 amide bonds. The molecule has 0 radical (unpaired) electrons. The van der Waals surface area contributed by atoms with Crippen LogP contribution in [-0.2, 0) is 0 Å². The minimum atomic E-state index is 0.880. The number of furan rings is 1. The summed E-state index contributed by atoms with van der Waals surface area (Å²) in [5.41, 5.74) is 8.65. The second-order valence-corrected chi connectivity index (χ2v) is 10.3. The minimum Gasteiger partial charge on any atom is -0.454 e. The van der Waals surface area contributed by atoms with Crippen LogP contribution in [0.4, 0.5) is 11.4 Å². The molecule has 2 heteroatoms. The van der Waals surface area contributed by atoms with Gasteiger partial charge in [0, 0.05) is 16.5 Å². The van der Waals surface area contributed by atoms with Crippen LogP contribution in [0.2, 0.25) is 0 Å². The predicted molar refractivity (Wildman–Crippen MR) is 169 cm³/mol. The third-order valence-electron chi connectivity index (χ3n) is 7.82. The molecule has 8 rings (SSSR count). The first-order valence-electron chi connectivity index (χ1n) is 13.6. The first kappa shape index (κ1) is 22.6. The van der Waals surface area contributed by atoms with Gasteiger partial charge in [0.1, 0.15) is 5.58 Å². The van der Waals surface area contributed by atoms with E-state index in [4.69, 9.17) is 4.42 Å². The van der Waals surface area contributed by atoms with Crippen molar-refractivity contribution in [1.29, 1.82) is 0 Å². The molecule has 0 aliphatic carbocycles. The van der Waals surface area contributed by atoms with Gasteiger partial charge in [0.25, 0.3) is 0 Å². The average molecular weight is 512 g/mol. The second kappa shape index (κ2) is 9.14. The molecule has 1 heterocycles. The maximum Gasteiger partial charge on any atom is 0.158 e. The smallest absolute Gasteiger partial charge is 0.158 e. The van der Waals surface area contributed by atoms with Gasteiger partial charge >= 0.3 is 0 Å². The average Bonchev–Trinajstić information content (AvgIpc) is 3.40.